The second kappa shape index (κ2) is 6.46. The average Bonchev–Trinajstić information content (AvgIpc) is 2.80. The van der Waals surface area contributed by atoms with Crippen molar-refractivity contribution in [1.82, 2.24) is 4.90 Å². The van der Waals surface area contributed by atoms with Crippen LogP contribution in [-0.2, 0) is 23.8 Å². The zero-order valence-electron chi connectivity index (χ0n) is 13.2. The van der Waals surface area contributed by atoms with Crippen molar-refractivity contribution in [2.24, 2.45) is 0 Å². The van der Waals surface area contributed by atoms with Crippen molar-refractivity contribution < 1.29 is 23.8 Å². The smallest absolute Gasteiger partial charge is 0.354 e. The van der Waals surface area contributed by atoms with Crippen LogP contribution in [0.15, 0.2) is 30.3 Å². The molecule has 0 aliphatic carbocycles. The maximum Gasteiger partial charge on any atom is 0.354 e. The van der Waals surface area contributed by atoms with E-state index in [1.165, 1.54) is 14.2 Å². The molecule has 6 heteroatoms. The van der Waals surface area contributed by atoms with E-state index in [2.05, 4.69) is 0 Å². The van der Waals surface area contributed by atoms with Crippen molar-refractivity contribution in [3.63, 3.8) is 0 Å². The van der Waals surface area contributed by atoms with Gasteiger partial charge >= 0.3 is 11.9 Å². The quantitative estimate of drug-likeness (QED) is 0.786. The first kappa shape index (κ1) is 16.5. The summed E-state index contributed by atoms with van der Waals surface area (Å²) in [6, 6.07) is 9.48. The summed E-state index contributed by atoms with van der Waals surface area (Å²) in [6.07, 6.45) is -0.560. The standard InChI is InChI=1S/C16H21NO5/c1-11-14(12-8-6-5-7-9-12)22-16(17(11)2,15(19)21-4)10-13(18)20-3/h5-9,11,14H,10H2,1-4H3/t11-,14+,16+/m0/s1. The van der Waals surface area contributed by atoms with Gasteiger partial charge in [-0.25, -0.2) is 4.79 Å². The van der Waals surface area contributed by atoms with Gasteiger partial charge in [-0.3, -0.25) is 9.69 Å². The molecule has 1 aromatic rings. The molecule has 1 heterocycles. The highest BCUT2D eigenvalue weighted by atomic mass is 16.6. The lowest BCUT2D eigenvalue weighted by Crippen LogP contribution is -2.53. The van der Waals surface area contributed by atoms with Gasteiger partial charge in [0.05, 0.1) is 20.6 Å². The summed E-state index contributed by atoms with van der Waals surface area (Å²) in [4.78, 5) is 25.8. The van der Waals surface area contributed by atoms with Gasteiger partial charge in [0.2, 0.25) is 5.72 Å². The molecule has 1 saturated heterocycles. The summed E-state index contributed by atoms with van der Waals surface area (Å²) >= 11 is 0. The van der Waals surface area contributed by atoms with Crippen molar-refractivity contribution in [2.75, 3.05) is 21.3 Å². The Morgan fingerprint density at radius 1 is 1.23 bits per heavy atom. The predicted octanol–water partition coefficient (Wildman–Crippen LogP) is 1.51. The van der Waals surface area contributed by atoms with Crippen LogP contribution in [0.2, 0.25) is 0 Å². The molecule has 0 unspecified atom stereocenters. The Balaban J connectivity index is 2.38. The monoisotopic (exact) mass is 307 g/mol. The van der Waals surface area contributed by atoms with E-state index in [9.17, 15) is 9.59 Å². The molecule has 0 saturated carbocycles. The summed E-state index contributed by atoms with van der Waals surface area (Å²) in [5, 5.41) is 0. The first-order valence-electron chi connectivity index (χ1n) is 7.07. The fourth-order valence-corrected chi connectivity index (χ4v) is 2.77. The zero-order valence-corrected chi connectivity index (χ0v) is 13.2. The van der Waals surface area contributed by atoms with Gasteiger partial charge in [-0.05, 0) is 19.5 Å². The summed E-state index contributed by atoms with van der Waals surface area (Å²) < 4.78 is 15.6. The third kappa shape index (κ3) is 2.71. The summed E-state index contributed by atoms with van der Waals surface area (Å²) in [5.74, 6) is -1.14. The van der Waals surface area contributed by atoms with Crippen LogP contribution in [0.1, 0.15) is 25.0 Å². The summed E-state index contributed by atoms with van der Waals surface area (Å²) in [5.41, 5.74) is -0.528. The highest BCUT2D eigenvalue weighted by molar-refractivity contribution is 5.85. The maximum atomic E-state index is 12.3. The number of carbonyl (C=O) groups excluding carboxylic acids is 2. The molecule has 1 aliphatic heterocycles. The predicted molar refractivity (Wildman–Crippen MR) is 78.9 cm³/mol. The van der Waals surface area contributed by atoms with E-state index in [0.29, 0.717) is 0 Å². The van der Waals surface area contributed by atoms with Crippen LogP contribution >= 0.6 is 0 Å². The molecule has 0 spiro atoms. The van der Waals surface area contributed by atoms with Crippen LogP contribution in [0.4, 0.5) is 0 Å². The first-order chi connectivity index (χ1) is 10.5. The van der Waals surface area contributed by atoms with E-state index in [1.54, 1.807) is 11.9 Å². The van der Waals surface area contributed by atoms with E-state index in [1.807, 2.05) is 37.3 Å². The van der Waals surface area contributed by atoms with Gasteiger partial charge in [0, 0.05) is 6.04 Å². The molecule has 6 nitrogen and oxygen atoms in total. The summed E-state index contributed by atoms with van der Waals surface area (Å²) in [6.45, 7) is 1.94. The van der Waals surface area contributed by atoms with Gasteiger partial charge in [0.15, 0.2) is 0 Å². The first-order valence-corrected chi connectivity index (χ1v) is 7.07. The van der Waals surface area contributed by atoms with Gasteiger partial charge in [0.25, 0.3) is 0 Å². The van der Waals surface area contributed by atoms with Crippen molar-refractivity contribution in [2.45, 2.75) is 31.2 Å². The Morgan fingerprint density at radius 2 is 1.86 bits per heavy atom. The number of esters is 2. The number of hydrogen-bond donors (Lipinski definition) is 0. The molecule has 0 aromatic heterocycles. The van der Waals surface area contributed by atoms with E-state index in [-0.39, 0.29) is 18.6 Å². The minimum absolute atomic E-state index is 0.105. The Morgan fingerprint density at radius 3 is 2.41 bits per heavy atom. The van der Waals surface area contributed by atoms with Crippen LogP contribution in [0.3, 0.4) is 0 Å². The molecule has 1 aromatic carbocycles. The van der Waals surface area contributed by atoms with Crippen LogP contribution in [0, 0.1) is 0 Å². The fraction of sp³-hybridized carbons (Fsp3) is 0.500. The second-order valence-electron chi connectivity index (χ2n) is 5.33. The van der Waals surface area contributed by atoms with E-state index >= 15 is 0 Å². The van der Waals surface area contributed by atoms with Crippen LogP contribution in [-0.4, -0.2) is 49.9 Å². The van der Waals surface area contributed by atoms with Gasteiger partial charge in [-0.15, -0.1) is 0 Å². The molecule has 2 rings (SSSR count). The average molecular weight is 307 g/mol. The third-order valence-corrected chi connectivity index (χ3v) is 4.18. The van der Waals surface area contributed by atoms with Crippen molar-refractivity contribution in [3.05, 3.63) is 35.9 Å². The van der Waals surface area contributed by atoms with Crippen LogP contribution in [0.5, 0.6) is 0 Å². The topological polar surface area (TPSA) is 65.1 Å². The Hall–Kier alpha value is -1.92. The molecule has 0 amide bonds. The maximum absolute atomic E-state index is 12.3. The number of rotatable bonds is 4. The highest BCUT2D eigenvalue weighted by Crippen LogP contribution is 2.42. The number of hydrogen-bond acceptors (Lipinski definition) is 6. The molecule has 0 radical (unpaired) electrons. The minimum atomic E-state index is -1.47. The number of benzene rings is 1. The van der Waals surface area contributed by atoms with E-state index < -0.39 is 17.7 Å². The number of carbonyl (C=O) groups is 2. The van der Waals surface area contributed by atoms with Gasteiger partial charge in [-0.1, -0.05) is 30.3 Å². The van der Waals surface area contributed by atoms with Gasteiger partial charge in [0.1, 0.15) is 6.10 Å². The SMILES string of the molecule is COC(=O)C[C@]1(C(=O)OC)O[C@@H](c2ccccc2)[C@H](C)N1C. The molecule has 120 valence electrons. The molecule has 1 aliphatic rings. The Labute approximate surface area is 129 Å². The largest absolute Gasteiger partial charge is 0.469 e. The zero-order chi connectivity index (χ0) is 16.3. The molecular formula is C16H21NO5. The normalized spacial score (nSPS) is 28.4. The number of ether oxygens (including phenoxy) is 3. The molecule has 3 atom stereocenters. The van der Waals surface area contributed by atoms with Crippen molar-refractivity contribution >= 4 is 11.9 Å². The Bertz CT molecular complexity index is 547. The Kier molecular flexibility index (Phi) is 4.83. The number of likely N-dealkylation sites (N-methyl/N-ethyl adjacent to an activating group) is 1. The van der Waals surface area contributed by atoms with E-state index in [4.69, 9.17) is 14.2 Å². The lowest BCUT2D eigenvalue weighted by atomic mass is 10.0. The lowest BCUT2D eigenvalue weighted by molar-refractivity contribution is -0.189. The van der Waals surface area contributed by atoms with Gasteiger partial charge in [-0.2, -0.15) is 0 Å². The summed E-state index contributed by atoms with van der Waals surface area (Å²) in [7, 11) is 4.30. The lowest BCUT2D eigenvalue weighted by Gasteiger charge is -2.31. The van der Waals surface area contributed by atoms with Gasteiger partial charge < -0.3 is 14.2 Å². The second-order valence-corrected chi connectivity index (χ2v) is 5.33. The fourth-order valence-electron chi connectivity index (χ4n) is 2.77. The van der Waals surface area contributed by atoms with Crippen LogP contribution in [0.25, 0.3) is 0 Å². The third-order valence-electron chi connectivity index (χ3n) is 4.18. The molecule has 1 fully saturated rings. The molecule has 0 N–H and O–H groups in total. The number of methoxy groups -OCH3 is 2. The molecular weight excluding hydrogens is 286 g/mol. The minimum Gasteiger partial charge on any atom is -0.469 e. The number of nitrogens with zero attached hydrogens (tertiary/aromatic N) is 1. The highest BCUT2D eigenvalue weighted by Gasteiger charge is 2.57. The van der Waals surface area contributed by atoms with Crippen molar-refractivity contribution in [1.29, 1.82) is 0 Å². The molecule has 22 heavy (non-hydrogen) atoms. The molecule has 0 bridgehead atoms. The van der Waals surface area contributed by atoms with Crippen molar-refractivity contribution in [3.8, 4) is 0 Å². The van der Waals surface area contributed by atoms with E-state index in [0.717, 1.165) is 5.56 Å². The van der Waals surface area contributed by atoms with Crippen LogP contribution < -0.4 is 0 Å².